The maximum Gasteiger partial charge on any atom is 0.307 e. The molecule has 20 heavy (non-hydrogen) atoms. The number of nitrogens with zero attached hydrogens (tertiary/aromatic N) is 2. The fourth-order valence-corrected chi connectivity index (χ4v) is 2.33. The first-order valence-corrected chi connectivity index (χ1v) is 6.77. The smallest absolute Gasteiger partial charge is 0.307 e. The molecule has 0 aliphatic heterocycles. The summed E-state index contributed by atoms with van der Waals surface area (Å²) in [6.45, 7) is 8.07. The predicted octanol–water partition coefficient (Wildman–Crippen LogP) is 3.24. The van der Waals surface area contributed by atoms with Gasteiger partial charge < -0.3 is 5.11 Å². The van der Waals surface area contributed by atoms with Gasteiger partial charge in [0, 0.05) is 11.3 Å². The minimum absolute atomic E-state index is 0.0156. The van der Waals surface area contributed by atoms with Crippen LogP contribution in [0.25, 0.3) is 5.69 Å². The fourth-order valence-electron chi connectivity index (χ4n) is 2.33. The number of carboxylic acid groups (broad SMARTS) is 1. The summed E-state index contributed by atoms with van der Waals surface area (Å²) in [6.07, 6.45) is 0.0156. The molecule has 0 spiro atoms. The van der Waals surface area contributed by atoms with Crippen molar-refractivity contribution in [2.24, 2.45) is 0 Å². The Labute approximate surface area is 119 Å². The molecular formula is C16H20N2O2. The Bertz CT molecular complexity index is 625. The molecule has 1 aromatic carbocycles. The lowest BCUT2D eigenvalue weighted by atomic mass is 10.0. The highest BCUT2D eigenvalue weighted by molar-refractivity contribution is 5.71. The van der Waals surface area contributed by atoms with E-state index < -0.39 is 5.97 Å². The van der Waals surface area contributed by atoms with Gasteiger partial charge in [0.05, 0.1) is 17.8 Å². The molecule has 0 aliphatic rings. The van der Waals surface area contributed by atoms with Gasteiger partial charge in [-0.05, 0) is 37.5 Å². The lowest BCUT2D eigenvalue weighted by molar-refractivity contribution is -0.136. The topological polar surface area (TPSA) is 55.1 Å². The maximum absolute atomic E-state index is 10.9. The molecule has 0 saturated carbocycles. The number of benzene rings is 1. The van der Waals surface area contributed by atoms with Crippen molar-refractivity contribution in [3.63, 3.8) is 0 Å². The van der Waals surface area contributed by atoms with E-state index in [2.05, 4.69) is 31.1 Å². The second-order valence-corrected chi connectivity index (χ2v) is 5.38. The largest absolute Gasteiger partial charge is 0.481 e. The number of aryl methyl sites for hydroxylation is 1. The van der Waals surface area contributed by atoms with Crippen LogP contribution in [0.2, 0.25) is 0 Å². The first-order valence-electron chi connectivity index (χ1n) is 6.77. The van der Waals surface area contributed by atoms with E-state index in [1.807, 2.05) is 30.7 Å². The quantitative estimate of drug-likeness (QED) is 0.929. The van der Waals surface area contributed by atoms with Crippen molar-refractivity contribution in [2.75, 3.05) is 0 Å². The van der Waals surface area contributed by atoms with Crippen LogP contribution in [0.15, 0.2) is 24.3 Å². The lowest BCUT2D eigenvalue weighted by Crippen LogP contribution is -2.03. The number of hydrogen-bond acceptors (Lipinski definition) is 2. The molecule has 0 atom stereocenters. The van der Waals surface area contributed by atoms with Crippen LogP contribution in [0.5, 0.6) is 0 Å². The summed E-state index contributed by atoms with van der Waals surface area (Å²) < 4.78 is 1.82. The van der Waals surface area contributed by atoms with Crippen molar-refractivity contribution >= 4 is 5.97 Å². The average Bonchev–Trinajstić information content (AvgIpc) is 2.66. The summed E-state index contributed by atoms with van der Waals surface area (Å²) in [5, 5.41) is 13.4. The highest BCUT2D eigenvalue weighted by Gasteiger charge is 2.15. The molecule has 106 valence electrons. The molecule has 1 aromatic heterocycles. The van der Waals surface area contributed by atoms with Gasteiger partial charge in [-0.2, -0.15) is 5.10 Å². The minimum atomic E-state index is -0.828. The van der Waals surface area contributed by atoms with Crippen molar-refractivity contribution in [1.29, 1.82) is 0 Å². The first-order chi connectivity index (χ1) is 9.40. The first kappa shape index (κ1) is 14.3. The van der Waals surface area contributed by atoms with E-state index in [-0.39, 0.29) is 6.42 Å². The van der Waals surface area contributed by atoms with E-state index in [9.17, 15) is 4.79 Å². The Morgan fingerprint density at radius 2 is 1.85 bits per heavy atom. The monoisotopic (exact) mass is 272 g/mol. The van der Waals surface area contributed by atoms with E-state index in [0.717, 1.165) is 22.6 Å². The van der Waals surface area contributed by atoms with Crippen molar-refractivity contribution in [1.82, 2.24) is 9.78 Å². The van der Waals surface area contributed by atoms with Crippen LogP contribution in [0, 0.1) is 13.8 Å². The third-order valence-corrected chi connectivity index (χ3v) is 3.57. The molecule has 1 heterocycles. The van der Waals surface area contributed by atoms with E-state index in [1.54, 1.807) is 0 Å². The molecule has 4 heteroatoms. The van der Waals surface area contributed by atoms with Crippen LogP contribution in [0.1, 0.15) is 42.3 Å². The SMILES string of the molecule is Cc1nn(-c2ccc(C(C)C)cc2)c(C)c1CC(=O)O. The molecule has 0 amide bonds. The molecular weight excluding hydrogens is 252 g/mol. The van der Waals surface area contributed by atoms with Crippen LogP contribution in [0.3, 0.4) is 0 Å². The zero-order chi connectivity index (χ0) is 14.9. The molecule has 1 N–H and O–H groups in total. The summed E-state index contributed by atoms with van der Waals surface area (Å²) in [5.41, 5.74) is 4.71. The van der Waals surface area contributed by atoms with Gasteiger partial charge >= 0.3 is 5.97 Å². The summed E-state index contributed by atoms with van der Waals surface area (Å²) in [6, 6.07) is 8.24. The van der Waals surface area contributed by atoms with E-state index >= 15 is 0 Å². The van der Waals surface area contributed by atoms with Crippen molar-refractivity contribution in [3.8, 4) is 5.69 Å². The highest BCUT2D eigenvalue weighted by Crippen LogP contribution is 2.21. The van der Waals surface area contributed by atoms with Crippen LogP contribution in [-0.4, -0.2) is 20.9 Å². The second kappa shape index (κ2) is 5.49. The summed E-state index contributed by atoms with van der Waals surface area (Å²) in [7, 11) is 0. The number of carbonyl (C=O) groups is 1. The van der Waals surface area contributed by atoms with Gasteiger partial charge in [0.15, 0.2) is 0 Å². The van der Waals surface area contributed by atoms with Gasteiger partial charge in [-0.25, -0.2) is 4.68 Å². The second-order valence-electron chi connectivity index (χ2n) is 5.38. The van der Waals surface area contributed by atoms with Gasteiger partial charge in [0.2, 0.25) is 0 Å². The fraction of sp³-hybridized carbons (Fsp3) is 0.375. The molecule has 0 radical (unpaired) electrons. The molecule has 4 nitrogen and oxygen atoms in total. The summed E-state index contributed by atoms with van der Waals surface area (Å²) in [4.78, 5) is 10.9. The third-order valence-electron chi connectivity index (χ3n) is 3.57. The number of aliphatic carboxylic acids is 1. The predicted molar refractivity (Wildman–Crippen MR) is 78.5 cm³/mol. The van der Waals surface area contributed by atoms with Crippen molar-refractivity contribution < 1.29 is 9.90 Å². The van der Waals surface area contributed by atoms with Crippen LogP contribution in [-0.2, 0) is 11.2 Å². The Hall–Kier alpha value is -2.10. The molecule has 0 unspecified atom stereocenters. The number of aromatic nitrogens is 2. The zero-order valence-corrected chi connectivity index (χ0v) is 12.3. The molecule has 0 aliphatic carbocycles. The van der Waals surface area contributed by atoms with Gasteiger partial charge in [0.25, 0.3) is 0 Å². The standard InChI is InChI=1S/C16H20N2O2/c1-10(2)13-5-7-14(8-6-13)18-12(4)15(9-16(19)20)11(3)17-18/h5-8,10H,9H2,1-4H3,(H,19,20). The van der Waals surface area contributed by atoms with E-state index in [1.165, 1.54) is 5.56 Å². The number of carboxylic acids is 1. The Morgan fingerprint density at radius 3 is 2.35 bits per heavy atom. The van der Waals surface area contributed by atoms with Gasteiger partial charge in [0.1, 0.15) is 0 Å². The average molecular weight is 272 g/mol. The van der Waals surface area contributed by atoms with E-state index in [4.69, 9.17) is 5.11 Å². The Morgan fingerprint density at radius 1 is 1.25 bits per heavy atom. The Balaban J connectivity index is 2.40. The van der Waals surface area contributed by atoms with Crippen molar-refractivity contribution in [2.45, 2.75) is 40.0 Å². The van der Waals surface area contributed by atoms with Crippen molar-refractivity contribution in [3.05, 3.63) is 46.8 Å². The molecule has 0 saturated heterocycles. The van der Waals surface area contributed by atoms with Crippen LogP contribution in [0.4, 0.5) is 0 Å². The van der Waals surface area contributed by atoms with Crippen LogP contribution >= 0.6 is 0 Å². The molecule has 2 aromatic rings. The lowest BCUT2D eigenvalue weighted by Gasteiger charge is -2.08. The molecule has 2 rings (SSSR count). The number of rotatable bonds is 4. The van der Waals surface area contributed by atoms with Gasteiger partial charge in [-0.1, -0.05) is 26.0 Å². The van der Waals surface area contributed by atoms with Crippen LogP contribution < -0.4 is 0 Å². The third kappa shape index (κ3) is 2.74. The van der Waals surface area contributed by atoms with E-state index in [0.29, 0.717) is 5.92 Å². The number of hydrogen-bond donors (Lipinski definition) is 1. The van der Waals surface area contributed by atoms with Gasteiger partial charge in [-0.15, -0.1) is 0 Å². The highest BCUT2D eigenvalue weighted by atomic mass is 16.4. The summed E-state index contributed by atoms with van der Waals surface area (Å²) >= 11 is 0. The minimum Gasteiger partial charge on any atom is -0.481 e. The molecule has 0 bridgehead atoms. The Kier molecular flexibility index (Phi) is 3.93. The van der Waals surface area contributed by atoms with Gasteiger partial charge in [-0.3, -0.25) is 4.79 Å². The normalized spacial score (nSPS) is 11.1. The molecule has 0 fully saturated rings. The zero-order valence-electron chi connectivity index (χ0n) is 12.3. The summed E-state index contributed by atoms with van der Waals surface area (Å²) in [5.74, 6) is -0.335. The maximum atomic E-state index is 10.9.